The van der Waals surface area contributed by atoms with E-state index in [0.29, 0.717) is 0 Å². The van der Waals surface area contributed by atoms with Crippen molar-refractivity contribution in [3.05, 3.63) is 60.7 Å². The monoisotopic (exact) mass is 569 g/mol. The molecule has 0 amide bonds. The first-order chi connectivity index (χ1) is 14.9. The molecule has 0 unspecified atom stereocenters. The molecule has 0 aliphatic rings. The summed E-state index contributed by atoms with van der Waals surface area (Å²) in [6.07, 6.45) is 0. The summed E-state index contributed by atoms with van der Waals surface area (Å²) in [6, 6.07) is 10.6. The zero-order valence-corrected chi connectivity index (χ0v) is 19.8. The van der Waals surface area contributed by atoms with E-state index in [2.05, 4.69) is 0 Å². The average Bonchev–Trinajstić information content (AvgIpc) is 2.67. The number of thioether (sulfide) groups is 2. The molecule has 0 saturated heterocycles. The van der Waals surface area contributed by atoms with Gasteiger partial charge in [-0.05, 0) is 47.8 Å². The second kappa shape index (κ2) is 10.6. The number of hydrogen-bond acceptors (Lipinski definition) is 6. The van der Waals surface area contributed by atoms with Crippen LogP contribution in [-0.2, 0) is 20.0 Å². The van der Waals surface area contributed by atoms with E-state index in [4.69, 9.17) is 0 Å². The molecule has 0 heterocycles. The summed E-state index contributed by atoms with van der Waals surface area (Å²) in [4.78, 5) is -1.17. The third-order valence-corrected chi connectivity index (χ3v) is 9.47. The van der Waals surface area contributed by atoms with Crippen molar-refractivity contribution in [3.63, 3.8) is 0 Å². The van der Waals surface area contributed by atoms with E-state index in [0.717, 1.165) is 48.5 Å². The first-order valence-corrected chi connectivity index (χ1v) is 12.7. The molecular weight excluding hydrogens is 557 g/mol. The summed E-state index contributed by atoms with van der Waals surface area (Å²) in [5.41, 5.74) is 0. The summed E-state index contributed by atoms with van der Waals surface area (Å²) in [7, 11) is -14.4. The molecule has 2 aromatic carbocycles. The largest absolute Gasteiger partial charge is 1.00 e. The molecule has 0 atom stereocenters. The Morgan fingerprint density at radius 1 is 0.588 bits per heavy atom. The van der Waals surface area contributed by atoms with E-state index in [1.165, 1.54) is 12.1 Å². The van der Waals surface area contributed by atoms with Crippen LogP contribution in [0, 0.1) is 0 Å². The molecule has 5 nitrogen and oxygen atoms in total. The molecule has 34 heavy (non-hydrogen) atoms. The molecule has 0 bridgehead atoms. The number of alkyl halides is 8. The van der Waals surface area contributed by atoms with Gasteiger partial charge in [0.15, 0.2) is 0 Å². The molecule has 186 valence electrons. The van der Waals surface area contributed by atoms with Crippen molar-refractivity contribution in [1.29, 1.82) is 0 Å². The van der Waals surface area contributed by atoms with E-state index >= 15 is 0 Å². The maximum atomic E-state index is 14.1. The Balaban J connectivity index is 0.00000578. The molecule has 1 N–H and O–H groups in total. The molecule has 2 aromatic rings. The second-order valence-electron chi connectivity index (χ2n) is 5.99. The average molecular weight is 569 g/mol. The SMILES string of the molecule is O=S(=O)(NS(=O)(=O)C(F)(F)C(F)(F)Sc1ccccc1)C(F)(F)C(F)(F)Sc1ccccc1.[H-].[Li+]. The zero-order chi connectivity index (χ0) is 25.3. The van der Waals surface area contributed by atoms with Gasteiger partial charge in [-0.2, -0.15) is 35.1 Å². The van der Waals surface area contributed by atoms with Gasteiger partial charge < -0.3 is 1.43 Å². The smallest absolute Gasteiger partial charge is 1.00 e. The summed E-state index contributed by atoms with van der Waals surface area (Å²) >= 11 is -2.03. The Hall–Kier alpha value is -0.963. The molecule has 0 aliphatic heterocycles. The predicted molar refractivity (Wildman–Crippen MR) is 106 cm³/mol. The molecule has 0 spiro atoms. The summed E-state index contributed by atoms with van der Waals surface area (Å²) in [5.74, 6) is 0. The molecule has 18 heteroatoms. The van der Waals surface area contributed by atoms with Crippen molar-refractivity contribution in [2.45, 2.75) is 30.8 Å². The Bertz CT molecular complexity index is 1100. The zero-order valence-electron chi connectivity index (χ0n) is 17.6. The van der Waals surface area contributed by atoms with Crippen LogP contribution in [0.1, 0.15) is 1.43 Å². The fourth-order valence-electron chi connectivity index (χ4n) is 1.95. The fraction of sp³-hybridized carbons (Fsp3) is 0.250. The number of benzene rings is 2. The van der Waals surface area contributed by atoms with Crippen molar-refractivity contribution >= 4 is 43.6 Å². The van der Waals surface area contributed by atoms with Crippen LogP contribution in [0.15, 0.2) is 70.5 Å². The quantitative estimate of drug-likeness (QED) is 0.269. The van der Waals surface area contributed by atoms with Crippen LogP contribution in [0.3, 0.4) is 0 Å². The molecule has 0 aliphatic carbocycles. The second-order valence-corrected chi connectivity index (χ2v) is 12.1. The fourth-order valence-corrected chi connectivity index (χ4v) is 6.90. The minimum absolute atomic E-state index is 0. The van der Waals surface area contributed by atoms with Gasteiger partial charge in [-0.15, -0.1) is 0 Å². The minimum Gasteiger partial charge on any atom is -1.00 e. The van der Waals surface area contributed by atoms with Gasteiger partial charge in [0, 0.05) is 9.79 Å². The van der Waals surface area contributed by atoms with Crippen LogP contribution in [0.4, 0.5) is 35.1 Å². The predicted octanol–water partition coefficient (Wildman–Crippen LogP) is 2.31. The van der Waals surface area contributed by atoms with Gasteiger partial charge >= 0.3 is 39.9 Å². The van der Waals surface area contributed by atoms with E-state index in [1.54, 1.807) is 0 Å². The molecule has 0 radical (unpaired) electrons. The Kier molecular flexibility index (Phi) is 9.66. The maximum Gasteiger partial charge on any atom is 1.00 e. The van der Waals surface area contributed by atoms with E-state index in [-0.39, 0.29) is 24.4 Å². The first kappa shape index (κ1) is 31.1. The van der Waals surface area contributed by atoms with Crippen molar-refractivity contribution in [3.8, 4) is 0 Å². The third-order valence-electron chi connectivity index (χ3n) is 3.55. The number of halogens is 8. The van der Waals surface area contributed by atoms with Crippen LogP contribution in [0.2, 0.25) is 0 Å². The van der Waals surface area contributed by atoms with Crippen LogP contribution in [-0.4, -0.2) is 37.9 Å². The van der Waals surface area contributed by atoms with E-state index in [1.807, 2.05) is 0 Å². The summed E-state index contributed by atoms with van der Waals surface area (Å²) in [5, 5.41) is -23.8. The van der Waals surface area contributed by atoms with Gasteiger partial charge in [0.05, 0.1) is 0 Å². The van der Waals surface area contributed by atoms with Gasteiger partial charge in [-0.3, -0.25) is 0 Å². The third kappa shape index (κ3) is 6.23. The number of nitrogens with one attached hydrogen (secondary N) is 1. The van der Waals surface area contributed by atoms with Crippen LogP contribution >= 0.6 is 23.5 Å². The molecule has 0 fully saturated rings. The van der Waals surface area contributed by atoms with Crippen LogP contribution in [0.25, 0.3) is 0 Å². The number of hydrogen-bond donors (Lipinski definition) is 1. The van der Waals surface area contributed by atoms with Gasteiger partial charge in [0.1, 0.15) is 0 Å². The minimum atomic E-state index is -7.18. The van der Waals surface area contributed by atoms with Gasteiger partial charge in [-0.1, -0.05) is 40.5 Å². The normalized spacial score (nSPS) is 13.9. The van der Waals surface area contributed by atoms with Crippen LogP contribution in [0.5, 0.6) is 0 Å². The Labute approximate surface area is 210 Å². The van der Waals surface area contributed by atoms with Crippen molar-refractivity contribution in [2.75, 3.05) is 0 Å². The van der Waals surface area contributed by atoms with Crippen molar-refractivity contribution in [1.82, 2.24) is 4.13 Å². The Morgan fingerprint density at radius 2 is 0.853 bits per heavy atom. The standard InChI is InChI=1S/C16H11F8NO4S4.Li.H/c17-13(18,30-11-7-3-1-4-8-11)15(21,22)32(26,27)25-33(28,29)16(23,24)14(19,20)31-12-9-5-2-6-10-12;;/h1-10,25H;;/q;+1;-1. The topological polar surface area (TPSA) is 80.3 Å². The van der Waals surface area contributed by atoms with Crippen LogP contribution < -0.4 is 23.0 Å². The van der Waals surface area contributed by atoms with Gasteiger partial charge in [-0.25, -0.2) is 16.8 Å². The first-order valence-electron chi connectivity index (χ1n) is 8.13. The van der Waals surface area contributed by atoms with Gasteiger partial charge in [0.2, 0.25) is 0 Å². The molecular formula is C16H12F8LiNO4S4. The molecule has 0 saturated carbocycles. The van der Waals surface area contributed by atoms with Crippen molar-refractivity contribution < 1.29 is 72.2 Å². The Morgan fingerprint density at radius 3 is 1.12 bits per heavy atom. The number of sulfonamides is 2. The van der Waals surface area contributed by atoms with E-state index in [9.17, 15) is 52.0 Å². The maximum absolute atomic E-state index is 14.1. The van der Waals surface area contributed by atoms with Gasteiger partial charge in [0.25, 0.3) is 20.0 Å². The number of rotatable bonds is 10. The van der Waals surface area contributed by atoms with Crippen molar-refractivity contribution in [2.24, 2.45) is 0 Å². The molecule has 0 aromatic heterocycles. The summed E-state index contributed by atoms with van der Waals surface area (Å²) in [6.45, 7) is 0. The molecule has 2 rings (SSSR count). The summed E-state index contributed by atoms with van der Waals surface area (Å²) < 4.78 is 159. The van der Waals surface area contributed by atoms with E-state index < -0.39 is 74.4 Å².